The zero-order valence-corrected chi connectivity index (χ0v) is 17.6. The lowest BCUT2D eigenvalue weighted by molar-refractivity contribution is -0.384. The molecule has 4 rings (SSSR count). The second kappa shape index (κ2) is 7.33. The largest absolute Gasteiger partial charge is 0.466 e. The fourth-order valence-corrected chi connectivity index (χ4v) is 4.73. The molecule has 1 N–H and O–H groups in total. The molecule has 2 heterocycles. The molecule has 9 nitrogen and oxygen atoms in total. The number of ketones is 1. The number of non-ortho nitro benzene ring substituents is 1. The lowest BCUT2D eigenvalue weighted by atomic mass is 9.68. The molecule has 9 heteroatoms. The second-order valence-electron chi connectivity index (χ2n) is 8.74. The van der Waals surface area contributed by atoms with Crippen molar-refractivity contribution in [1.29, 1.82) is 0 Å². The minimum Gasteiger partial charge on any atom is -0.466 e. The van der Waals surface area contributed by atoms with Gasteiger partial charge in [-0.1, -0.05) is 26.0 Å². The highest BCUT2D eigenvalue weighted by molar-refractivity contribution is 6.09. The number of benzene rings is 1. The zero-order chi connectivity index (χ0) is 22.5. The van der Waals surface area contributed by atoms with E-state index in [1.165, 1.54) is 31.4 Å². The number of amides is 1. The van der Waals surface area contributed by atoms with Crippen molar-refractivity contribution in [2.45, 2.75) is 32.6 Å². The Hall–Kier alpha value is -3.49. The van der Waals surface area contributed by atoms with Crippen molar-refractivity contribution >= 4 is 23.3 Å². The third-order valence-corrected chi connectivity index (χ3v) is 6.00. The van der Waals surface area contributed by atoms with Gasteiger partial charge in [0.2, 0.25) is 0 Å². The van der Waals surface area contributed by atoms with Gasteiger partial charge in [-0.25, -0.2) is 4.79 Å². The number of carbonyl (C=O) groups excluding carboxylic acids is 3. The van der Waals surface area contributed by atoms with Gasteiger partial charge < -0.3 is 15.0 Å². The first-order valence-electron chi connectivity index (χ1n) is 10.0. The summed E-state index contributed by atoms with van der Waals surface area (Å²) in [4.78, 5) is 51.5. The maximum Gasteiger partial charge on any atom is 0.337 e. The Morgan fingerprint density at radius 2 is 1.90 bits per heavy atom. The molecule has 0 bridgehead atoms. The van der Waals surface area contributed by atoms with Crippen molar-refractivity contribution in [3.05, 3.63) is 62.5 Å². The summed E-state index contributed by atoms with van der Waals surface area (Å²) in [6, 6.07) is 5.72. The van der Waals surface area contributed by atoms with Gasteiger partial charge >= 0.3 is 5.97 Å². The van der Waals surface area contributed by atoms with E-state index in [1.807, 2.05) is 13.8 Å². The Bertz CT molecular complexity index is 1070. The van der Waals surface area contributed by atoms with Crippen LogP contribution in [-0.2, 0) is 19.1 Å². The minimum atomic E-state index is -0.832. The average molecular weight is 425 g/mol. The van der Waals surface area contributed by atoms with Gasteiger partial charge in [0.25, 0.3) is 11.6 Å². The summed E-state index contributed by atoms with van der Waals surface area (Å²) in [5, 5.41) is 13.9. The monoisotopic (exact) mass is 425 g/mol. The van der Waals surface area contributed by atoms with Gasteiger partial charge in [0.1, 0.15) is 5.70 Å². The molecule has 162 valence electrons. The second-order valence-corrected chi connectivity index (χ2v) is 8.74. The molecule has 0 aromatic heterocycles. The molecule has 0 saturated carbocycles. The van der Waals surface area contributed by atoms with Gasteiger partial charge in [-0.05, 0) is 17.4 Å². The van der Waals surface area contributed by atoms with E-state index in [1.54, 1.807) is 4.90 Å². The first-order valence-corrected chi connectivity index (χ1v) is 10.0. The van der Waals surface area contributed by atoms with Crippen molar-refractivity contribution in [3.63, 3.8) is 0 Å². The maximum absolute atomic E-state index is 13.3. The molecular weight excluding hydrogens is 402 g/mol. The Morgan fingerprint density at radius 3 is 2.52 bits per heavy atom. The van der Waals surface area contributed by atoms with E-state index < -0.39 is 22.7 Å². The Labute approximate surface area is 178 Å². The number of methoxy groups -OCH3 is 1. The summed E-state index contributed by atoms with van der Waals surface area (Å²) >= 11 is 0. The van der Waals surface area contributed by atoms with Crippen molar-refractivity contribution < 1.29 is 24.0 Å². The topological polar surface area (TPSA) is 119 Å². The summed E-state index contributed by atoms with van der Waals surface area (Å²) in [5.41, 5.74) is 1.60. The number of hydrogen-bond acceptors (Lipinski definition) is 7. The van der Waals surface area contributed by atoms with Gasteiger partial charge in [0, 0.05) is 48.8 Å². The third-order valence-electron chi connectivity index (χ3n) is 6.00. The van der Waals surface area contributed by atoms with Crippen LogP contribution < -0.4 is 5.32 Å². The van der Waals surface area contributed by atoms with Crippen LogP contribution in [0, 0.1) is 15.5 Å². The molecule has 1 aliphatic carbocycles. The van der Waals surface area contributed by atoms with Crippen LogP contribution in [0.3, 0.4) is 0 Å². The Morgan fingerprint density at radius 1 is 1.23 bits per heavy atom. The molecule has 1 atom stereocenters. The van der Waals surface area contributed by atoms with Gasteiger partial charge in [0.05, 0.1) is 17.6 Å². The Balaban J connectivity index is 1.99. The number of nitrogens with one attached hydrogen (secondary N) is 1. The molecule has 1 saturated heterocycles. The quantitative estimate of drug-likeness (QED) is 0.448. The molecule has 1 fully saturated rings. The SMILES string of the molecule is COC(=O)C1=C2C(=O)NCCN2C2=C(C(=O)CC(C)(C)C2)C1c1ccc([N+](=O)[O-])cc1. The number of nitro groups is 1. The van der Waals surface area contributed by atoms with Crippen LogP contribution in [0.15, 0.2) is 46.8 Å². The number of ether oxygens (including phenoxy) is 1. The number of allylic oxidation sites excluding steroid dienone is 2. The van der Waals surface area contributed by atoms with Crippen LogP contribution in [0.1, 0.15) is 38.2 Å². The first-order chi connectivity index (χ1) is 14.6. The van der Waals surface area contributed by atoms with E-state index in [2.05, 4.69) is 5.32 Å². The van der Waals surface area contributed by atoms with Gasteiger partial charge in [-0.3, -0.25) is 19.7 Å². The van der Waals surface area contributed by atoms with Gasteiger partial charge in [-0.2, -0.15) is 0 Å². The number of nitrogens with zero attached hydrogens (tertiary/aromatic N) is 2. The molecule has 0 spiro atoms. The molecule has 3 aliphatic rings. The molecule has 1 aromatic carbocycles. The van der Waals surface area contributed by atoms with E-state index in [4.69, 9.17) is 4.74 Å². The van der Waals surface area contributed by atoms with E-state index >= 15 is 0 Å². The highest BCUT2D eigenvalue weighted by Gasteiger charge is 2.48. The van der Waals surface area contributed by atoms with Crippen LogP contribution in [0.4, 0.5) is 5.69 Å². The number of carbonyl (C=O) groups is 3. The fraction of sp³-hybridized carbons (Fsp3) is 0.409. The summed E-state index contributed by atoms with van der Waals surface area (Å²) in [6.45, 7) is 4.83. The maximum atomic E-state index is 13.3. The van der Waals surface area contributed by atoms with Gasteiger partial charge in [-0.15, -0.1) is 0 Å². The molecule has 1 aromatic rings. The van der Waals surface area contributed by atoms with Crippen LogP contribution in [0.2, 0.25) is 0 Å². The summed E-state index contributed by atoms with van der Waals surface area (Å²) in [6.07, 6.45) is 0.877. The molecule has 1 unspecified atom stereocenters. The van der Waals surface area contributed by atoms with E-state index in [0.717, 1.165) is 5.70 Å². The van der Waals surface area contributed by atoms with E-state index in [9.17, 15) is 24.5 Å². The molecule has 0 radical (unpaired) electrons. The summed E-state index contributed by atoms with van der Waals surface area (Å²) in [5.74, 6) is -2.03. The number of rotatable bonds is 3. The number of fused-ring (bicyclic) bond motifs is 2. The van der Waals surface area contributed by atoms with Gasteiger partial charge in [0.15, 0.2) is 5.78 Å². The first kappa shape index (κ1) is 20.8. The lowest BCUT2D eigenvalue weighted by Gasteiger charge is -2.46. The van der Waals surface area contributed by atoms with Crippen molar-refractivity contribution in [2.75, 3.05) is 20.2 Å². The number of piperazine rings is 1. The van der Waals surface area contributed by atoms with E-state index in [0.29, 0.717) is 37.1 Å². The molecule has 2 aliphatic heterocycles. The van der Waals surface area contributed by atoms with E-state index in [-0.39, 0.29) is 28.2 Å². The number of hydrogen-bond donors (Lipinski definition) is 1. The Kier molecular flexibility index (Phi) is 4.91. The predicted molar refractivity (Wildman–Crippen MR) is 110 cm³/mol. The number of esters is 1. The molecule has 1 amide bonds. The van der Waals surface area contributed by atoms with Crippen molar-refractivity contribution in [2.24, 2.45) is 5.41 Å². The average Bonchev–Trinajstić information content (AvgIpc) is 2.72. The normalized spacial score (nSPS) is 22.5. The van der Waals surface area contributed by atoms with Crippen LogP contribution in [-0.4, -0.2) is 47.7 Å². The highest BCUT2D eigenvalue weighted by Crippen LogP contribution is 2.50. The third kappa shape index (κ3) is 3.39. The summed E-state index contributed by atoms with van der Waals surface area (Å²) in [7, 11) is 1.23. The van der Waals surface area contributed by atoms with Crippen molar-refractivity contribution in [1.82, 2.24) is 10.2 Å². The predicted octanol–water partition coefficient (Wildman–Crippen LogP) is 2.19. The molecule has 31 heavy (non-hydrogen) atoms. The van der Waals surface area contributed by atoms with Crippen LogP contribution in [0.25, 0.3) is 0 Å². The zero-order valence-electron chi connectivity index (χ0n) is 17.6. The van der Waals surface area contributed by atoms with Crippen LogP contribution >= 0.6 is 0 Å². The number of Topliss-reactive ketones (excluding diaryl/α,β-unsaturated/α-hetero) is 1. The van der Waals surface area contributed by atoms with Crippen LogP contribution in [0.5, 0.6) is 0 Å². The molecular formula is C22H23N3O6. The van der Waals surface area contributed by atoms with Crippen molar-refractivity contribution in [3.8, 4) is 0 Å². The fourth-order valence-electron chi connectivity index (χ4n) is 4.73. The standard InChI is InChI=1S/C22H23N3O6/c1-22(2)10-14-17(15(26)11-22)16(12-4-6-13(7-5-12)25(29)30)18(21(28)31-3)19-20(27)23-8-9-24(14)19/h4-7,16H,8-11H2,1-3H3,(H,23,27). The minimum absolute atomic E-state index is 0.0837. The number of nitro benzene ring substituents is 1. The summed E-state index contributed by atoms with van der Waals surface area (Å²) < 4.78 is 5.01. The smallest absolute Gasteiger partial charge is 0.337 e. The highest BCUT2D eigenvalue weighted by atomic mass is 16.6. The lowest BCUT2D eigenvalue weighted by Crippen LogP contribution is -2.51.